The van der Waals surface area contributed by atoms with E-state index in [-0.39, 0.29) is 18.0 Å². The van der Waals surface area contributed by atoms with Crippen LogP contribution in [0.15, 0.2) is 47.5 Å². The van der Waals surface area contributed by atoms with Gasteiger partial charge in [-0.1, -0.05) is 19.1 Å². The zero-order chi connectivity index (χ0) is 16.9. The Labute approximate surface area is 138 Å². The van der Waals surface area contributed by atoms with Gasteiger partial charge in [0.25, 0.3) is 5.91 Å². The number of aryl methyl sites for hydroxylation is 1. The van der Waals surface area contributed by atoms with Crippen LogP contribution < -0.4 is 10.9 Å². The molecule has 7 heteroatoms. The second-order valence-electron chi connectivity index (χ2n) is 5.21. The first-order valence-electron chi connectivity index (χ1n) is 7.51. The SMILES string of the molecule is CCc1ccc2c(CC(=O)NNC(=O)c3cnccn3)coc2c1. The lowest BCUT2D eigenvalue weighted by Crippen LogP contribution is -2.42. The van der Waals surface area contributed by atoms with Crippen molar-refractivity contribution in [2.75, 3.05) is 0 Å². The summed E-state index contributed by atoms with van der Waals surface area (Å²) in [5.41, 5.74) is 7.47. The molecule has 0 radical (unpaired) electrons. The van der Waals surface area contributed by atoms with Crippen LogP contribution in [0.1, 0.15) is 28.5 Å². The molecule has 0 fully saturated rings. The highest BCUT2D eigenvalue weighted by molar-refractivity contribution is 5.94. The van der Waals surface area contributed by atoms with Crippen LogP contribution >= 0.6 is 0 Å². The van der Waals surface area contributed by atoms with Gasteiger partial charge in [0.2, 0.25) is 5.91 Å². The Morgan fingerprint density at radius 2 is 2.08 bits per heavy atom. The number of carbonyl (C=O) groups is 2. The predicted octanol–water partition coefficient (Wildman–Crippen LogP) is 1.79. The number of rotatable bonds is 4. The third-order valence-corrected chi connectivity index (χ3v) is 3.59. The quantitative estimate of drug-likeness (QED) is 0.713. The molecule has 1 aromatic carbocycles. The number of hydrogen-bond acceptors (Lipinski definition) is 5. The van der Waals surface area contributed by atoms with Crippen molar-refractivity contribution in [3.63, 3.8) is 0 Å². The van der Waals surface area contributed by atoms with Gasteiger partial charge in [0.15, 0.2) is 0 Å². The van der Waals surface area contributed by atoms with Crippen LogP contribution in [0.3, 0.4) is 0 Å². The van der Waals surface area contributed by atoms with E-state index < -0.39 is 5.91 Å². The number of furan rings is 1. The third-order valence-electron chi connectivity index (χ3n) is 3.59. The second kappa shape index (κ2) is 6.91. The van der Waals surface area contributed by atoms with E-state index in [1.165, 1.54) is 24.2 Å². The fraction of sp³-hybridized carbons (Fsp3) is 0.176. The number of fused-ring (bicyclic) bond motifs is 1. The normalized spacial score (nSPS) is 10.5. The summed E-state index contributed by atoms with van der Waals surface area (Å²) in [6.45, 7) is 2.07. The van der Waals surface area contributed by atoms with Crippen molar-refractivity contribution in [3.05, 3.63) is 59.9 Å². The average Bonchev–Trinajstić information content (AvgIpc) is 3.02. The number of nitrogens with one attached hydrogen (secondary N) is 2. The van der Waals surface area contributed by atoms with Crippen molar-refractivity contribution in [1.29, 1.82) is 0 Å². The van der Waals surface area contributed by atoms with Crippen LogP contribution in [0.4, 0.5) is 0 Å². The summed E-state index contributed by atoms with van der Waals surface area (Å²) >= 11 is 0. The Morgan fingerprint density at radius 1 is 1.21 bits per heavy atom. The lowest BCUT2D eigenvalue weighted by atomic mass is 10.1. The van der Waals surface area contributed by atoms with E-state index in [1.54, 1.807) is 6.26 Å². The van der Waals surface area contributed by atoms with Crippen molar-refractivity contribution >= 4 is 22.8 Å². The van der Waals surface area contributed by atoms with E-state index in [0.29, 0.717) is 0 Å². The van der Waals surface area contributed by atoms with Crippen molar-refractivity contribution in [2.24, 2.45) is 0 Å². The molecule has 0 aliphatic heterocycles. The average molecular weight is 324 g/mol. The van der Waals surface area contributed by atoms with E-state index in [2.05, 4.69) is 27.7 Å². The molecule has 7 nitrogen and oxygen atoms in total. The van der Waals surface area contributed by atoms with E-state index in [9.17, 15) is 9.59 Å². The highest BCUT2D eigenvalue weighted by Crippen LogP contribution is 2.23. The summed E-state index contributed by atoms with van der Waals surface area (Å²) in [5.74, 6) is -0.879. The number of hydrogen-bond donors (Lipinski definition) is 2. The minimum atomic E-state index is -0.527. The van der Waals surface area contributed by atoms with Crippen LogP contribution in [0.25, 0.3) is 11.0 Å². The zero-order valence-electron chi connectivity index (χ0n) is 13.1. The molecule has 0 bridgehead atoms. The van der Waals surface area contributed by atoms with E-state index in [1.807, 2.05) is 18.2 Å². The van der Waals surface area contributed by atoms with Gasteiger partial charge in [0.1, 0.15) is 11.3 Å². The molecule has 0 atom stereocenters. The van der Waals surface area contributed by atoms with Gasteiger partial charge < -0.3 is 4.42 Å². The fourth-order valence-electron chi connectivity index (χ4n) is 2.31. The number of hydrazine groups is 1. The van der Waals surface area contributed by atoms with Crippen molar-refractivity contribution < 1.29 is 14.0 Å². The molecule has 0 spiro atoms. The topological polar surface area (TPSA) is 97.1 Å². The molecule has 3 aromatic rings. The molecule has 0 unspecified atom stereocenters. The summed E-state index contributed by atoms with van der Waals surface area (Å²) in [6, 6.07) is 5.92. The minimum absolute atomic E-state index is 0.0964. The largest absolute Gasteiger partial charge is 0.464 e. The zero-order valence-corrected chi connectivity index (χ0v) is 13.1. The summed E-state index contributed by atoms with van der Waals surface area (Å²) in [7, 11) is 0. The van der Waals surface area contributed by atoms with Crippen LogP contribution in [-0.4, -0.2) is 21.8 Å². The summed E-state index contributed by atoms with van der Waals surface area (Å²) in [5, 5.41) is 0.891. The molecule has 2 N–H and O–H groups in total. The Balaban J connectivity index is 1.62. The van der Waals surface area contributed by atoms with Crippen molar-refractivity contribution in [1.82, 2.24) is 20.8 Å². The van der Waals surface area contributed by atoms with Crippen LogP contribution in [0.2, 0.25) is 0 Å². The van der Waals surface area contributed by atoms with Crippen LogP contribution in [0.5, 0.6) is 0 Å². The lowest BCUT2D eigenvalue weighted by molar-refractivity contribution is -0.121. The minimum Gasteiger partial charge on any atom is -0.464 e. The van der Waals surface area contributed by atoms with E-state index in [0.717, 1.165) is 23.0 Å². The fourth-order valence-corrected chi connectivity index (χ4v) is 2.31. The Bertz CT molecular complexity index is 874. The highest BCUT2D eigenvalue weighted by atomic mass is 16.3. The molecule has 24 heavy (non-hydrogen) atoms. The first-order chi connectivity index (χ1) is 11.7. The van der Waals surface area contributed by atoms with Gasteiger partial charge in [-0.05, 0) is 18.1 Å². The number of amides is 2. The molecule has 122 valence electrons. The highest BCUT2D eigenvalue weighted by Gasteiger charge is 2.12. The van der Waals surface area contributed by atoms with Crippen LogP contribution in [0, 0.1) is 0 Å². The maximum Gasteiger partial charge on any atom is 0.289 e. The van der Waals surface area contributed by atoms with Crippen molar-refractivity contribution in [3.8, 4) is 0 Å². The first-order valence-corrected chi connectivity index (χ1v) is 7.51. The Morgan fingerprint density at radius 3 is 2.83 bits per heavy atom. The monoisotopic (exact) mass is 324 g/mol. The second-order valence-corrected chi connectivity index (χ2v) is 5.21. The molecular weight excluding hydrogens is 308 g/mol. The smallest absolute Gasteiger partial charge is 0.289 e. The lowest BCUT2D eigenvalue weighted by Gasteiger charge is -2.06. The molecule has 2 amide bonds. The number of aromatic nitrogens is 2. The maximum atomic E-state index is 12.0. The van der Waals surface area contributed by atoms with Crippen molar-refractivity contribution in [2.45, 2.75) is 19.8 Å². The molecule has 0 aliphatic rings. The van der Waals surface area contributed by atoms with E-state index in [4.69, 9.17) is 4.42 Å². The Hall–Kier alpha value is -3.22. The molecule has 2 heterocycles. The molecule has 0 saturated carbocycles. The summed E-state index contributed by atoms with van der Waals surface area (Å²) < 4.78 is 5.50. The maximum absolute atomic E-state index is 12.0. The third kappa shape index (κ3) is 3.40. The van der Waals surface area contributed by atoms with Gasteiger partial charge in [-0.2, -0.15) is 0 Å². The van der Waals surface area contributed by atoms with Gasteiger partial charge >= 0.3 is 0 Å². The van der Waals surface area contributed by atoms with E-state index >= 15 is 0 Å². The summed E-state index contributed by atoms with van der Waals surface area (Å²) in [4.78, 5) is 31.4. The number of nitrogens with zero attached hydrogens (tertiary/aromatic N) is 2. The molecule has 0 aliphatic carbocycles. The van der Waals surface area contributed by atoms with Gasteiger partial charge in [-0.3, -0.25) is 25.4 Å². The standard InChI is InChI=1S/C17H16N4O3/c1-2-11-3-4-13-12(10-24-15(13)7-11)8-16(22)20-21-17(23)14-9-18-5-6-19-14/h3-7,9-10H,2,8H2,1H3,(H,20,22)(H,21,23). The molecular formula is C17H16N4O3. The summed E-state index contributed by atoms with van der Waals surface area (Å²) in [6.07, 6.45) is 6.76. The van der Waals surface area contributed by atoms with Gasteiger partial charge in [0.05, 0.1) is 18.9 Å². The van der Waals surface area contributed by atoms with Gasteiger partial charge in [-0.25, -0.2) is 4.98 Å². The molecule has 3 rings (SSSR count). The van der Waals surface area contributed by atoms with Gasteiger partial charge in [0, 0.05) is 23.3 Å². The first kappa shape index (κ1) is 15.7. The van der Waals surface area contributed by atoms with Crippen LogP contribution in [-0.2, 0) is 17.6 Å². The molecule has 2 aromatic heterocycles. The molecule has 0 saturated heterocycles. The number of benzene rings is 1. The number of carbonyl (C=O) groups excluding carboxylic acids is 2. The van der Waals surface area contributed by atoms with Gasteiger partial charge in [-0.15, -0.1) is 0 Å². The Kier molecular flexibility index (Phi) is 4.51. The predicted molar refractivity (Wildman–Crippen MR) is 86.9 cm³/mol.